The maximum atomic E-state index is 5.38. The van der Waals surface area contributed by atoms with Crippen LogP contribution in [0.25, 0.3) is 0 Å². The molecular weight excluding hydrogens is 199 g/mol. The second kappa shape index (κ2) is 7.16. The van der Waals surface area contributed by atoms with Gasteiger partial charge in [-0.25, -0.2) is 0 Å². The molecule has 1 aromatic heterocycles. The zero-order valence-corrected chi connectivity index (χ0v) is 8.32. The molecule has 0 bridgehead atoms. The molecule has 12 heavy (non-hydrogen) atoms. The molecule has 2 N–H and O–H groups in total. The standard InChI is InChI=1S/C7H10N2O.2ClH/c1-10-7-3-2-4-9-6(7)5-8;;/h2-4H,5,8H2,1H3;2*1H. The number of rotatable bonds is 2. The van der Waals surface area contributed by atoms with Gasteiger partial charge in [0.1, 0.15) is 5.75 Å². The SMILES string of the molecule is COc1cccnc1CN.Cl.Cl. The Labute approximate surface area is 84.1 Å². The molecule has 0 saturated heterocycles. The van der Waals surface area contributed by atoms with Gasteiger partial charge in [-0.3, -0.25) is 4.98 Å². The lowest BCUT2D eigenvalue weighted by atomic mass is 10.3. The zero-order valence-electron chi connectivity index (χ0n) is 6.69. The molecule has 3 nitrogen and oxygen atoms in total. The number of methoxy groups -OCH3 is 1. The smallest absolute Gasteiger partial charge is 0.141 e. The van der Waals surface area contributed by atoms with E-state index in [1.807, 2.05) is 12.1 Å². The molecular formula is C7H12Cl2N2O. The van der Waals surface area contributed by atoms with E-state index in [0.717, 1.165) is 11.4 Å². The van der Waals surface area contributed by atoms with Crippen LogP contribution in [0, 0.1) is 0 Å². The predicted octanol–water partition coefficient (Wildman–Crippen LogP) is 1.39. The first-order valence-corrected chi connectivity index (χ1v) is 3.06. The molecule has 1 rings (SSSR count). The van der Waals surface area contributed by atoms with E-state index in [2.05, 4.69) is 4.98 Å². The first-order valence-electron chi connectivity index (χ1n) is 3.06. The van der Waals surface area contributed by atoms with Crippen molar-refractivity contribution in [2.75, 3.05) is 7.11 Å². The van der Waals surface area contributed by atoms with E-state index >= 15 is 0 Å². The van der Waals surface area contributed by atoms with Crippen LogP contribution < -0.4 is 10.5 Å². The summed E-state index contributed by atoms with van der Waals surface area (Å²) in [5.41, 5.74) is 6.18. The fraction of sp³-hybridized carbons (Fsp3) is 0.286. The second-order valence-corrected chi connectivity index (χ2v) is 1.86. The summed E-state index contributed by atoms with van der Waals surface area (Å²) in [4.78, 5) is 4.02. The highest BCUT2D eigenvalue weighted by Crippen LogP contribution is 2.12. The van der Waals surface area contributed by atoms with Gasteiger partial charge in [-0.2, -0.15) is 0 Å². The van der Waals surface area contributed by atoms with Crippen LogP contribution in [0.3, 0.4) is 0 Å². The monoisotopic (exact) mass is 210 g/mol. The van der Waals surface area contributed by atoms with Gasteiger partial charge >= 0.3 is 0 Å². The number of hydrogen-bond acceptors (Lipinski definition) is 3. The molecule has 1 heterocycles. The number of ether oxygens (including phenoxy) is 1. The Kier molecular flexibility index (Phi) is 8.37. The van der Waals surface area contributed by atoms with Crippen LogP contribution in [0.5, 0.6) is 5.75 Å². The summed E-state index contributed by atoms with van der Waals surface area (Å²) in [5.74, 6) is 0.755. The molecule has 0 radical (unpaired) electrons. The van der Waals surface area contributed by atoms with Crippen molar-refractivity contribution in [3.05, 3.63) is 24.0 Å². The minimum atomic E-state index is 0. The highest BCUT2D eigenvalue weighted by Gasteiger charge is 1.97. The molecule has 1 aromatic rings. The molecule has 5 heteroatoms. The number of hydrogen-bond donors (Lipinski definition) is 1. The topological polar surface area (TPSA) is 48.1 Å². The van der Waals surface area contributed by atoms with Crippen molar-refractivity contribution in [3.63, 3.8) is 0 Å². The third-order valence-corrected chi connectivity index (χ3v) is 1.26. The van der Waals surface area contributed by atoms with E-state index in [0.29, 0.717) is 6.54 Å². The van der Waals surface area contributed by atoms with E-state index in [9.17, 15) is 0 Å². The lowest BCUT2D eigenvalue weighted by Gasteiger charge is -2.02. The van der Waals surface area contributed by atoms with Gasteiger partial charge in [0.2, 0.25) is 0 Å². The second-order valence-electron chi connectivity index (χ2n) is 1.86. The van der Waals surface area contributed by atoms with E-state index in [1.165, 1.54) is 0 Å². The molecule has 0 atom stereocenters. The number of nitrogens with zero attached hydrogens (tertiary/aromatic N) is 1. The van der Waals surface area contributed by atoms with Crippen molar-refractivity contribution < 1.29 is 4.74 Å². The Morgan fingerprint density at radius 3 is 2.58 bits per heavy atom. The fourth-order valence-corrected chi connectivity index (χ4v) is 0.762. The molecule has 70 valence electrons. The van der Waals surface area contributed by atoms with Gasteiger partial charge in [-0.05, 0) is 12.1 Å². The Hall–Kier alpha value is -0.510. The van der Waals surface area contributed by atoms with Crippen molar-refractivity contribution in [2.45, 2.75) is 6.54 Å². The number of aromatic nitrogens is 1. The van der Waals surface area contributed by atoms with Crippen molar-refractivity contribution in [1.82, 2.24) is 4.98 Å². The largest absolute Gasteiger partial charge is 0.495 e. The zero-order chi connectivity index (χ0) is 7.40. The highest BCUT2D eigenvalue weighted by atomic mass is 35.5. The average molecular weight is 211 g/mol. The minimum Gasteiger partial charge on any atom is -0.495 e. The molecule has 0 spiro atoms. The van der Waals surface area contributed by atoms with Crippen molar-refractivity contribution in [1.29, 1.82) is 0 Å². The molecule has 0 aliphatic heterocycles. The average Bonchev–Trinajstić information content (AvgIpc) is 2.04. The minimum absolute atomic E-state index is 0. The summed E-state index contributed by atoms with van der Waals surface area (Å²) in [6, 6.07) is 3.66. The van der Waals surface area contributed by atoms with E-state index in [-0.39, 0.29) is 24.8 Å². The molecule has 0 aliphatic rings. The number of pyridine rings is 1. The third kappa shape index (κ3) is 3.26. The van der Waals surface area contributed by atoms with Gasteiger partial charge < -0.3 is 10.5 Å². The summed E-state index contributed by atoms with van der Waals surface area (Å²) in [7, 11) is 1.61. The number of halogens is 2. The van der Waals surface area contributed by atoms with E-state index in [4.69, 9.17) is 10.5 Å². The first-order chi connectivity index (χ1) is 4.88. The molecule has 0 aliphatic carbocycles. The van der Waals surface area contributed by atoms with Crippen LogP contribution in [0.15, 0.2) is 18.3 Å². The van der Waals surface area contributed by atoms with Crippen molar-refractivity contribution in [3.8, 4) is 5.75 Å². The number of nitrogens with two attached hydrogens (primary N) is 1. The van der Waals surface area contributed by atoms with Gasteiger partial charge in [0, 0.05) is 12.7 Å². The fourth-order valence-electron chi connectivity index (χ4n) is 0.762. The lowest BCUT2D eigenvalue weighted by Crippen LogP contribution is -2.01. The van der Waals surface area contributed by atoms with Crippen LogP contribution in [0.2, 0.25) is 0 Å². The first kappa shape index (κ1) is 14.0. The van der Waals surface area contributed by atoms with Gasteiger partial charge in [-0.15, -0.1) is 24.8 Å². The normalized spacial score (nSPS) is 7.83. The Bertz CT molecular complexity index is 197. The Balaban J connectivity index is 0. The van der Waals surface area contributed by atoms with Crippen LogP contribution in [0.4, 0.5) is 0 Å². The highest BCUT2D eigenvalue weighted by molar-refractivity contribution is 5.85. The molecule has 0 unspecified atom stereocenters. The van der Waals surface area contributed by atoms with Crippen LogP contribution in [0.1, 0.15) is 5.69 Å². The van der Waals surface area contributed by atoms with Gasteiger partial charge in [0.05, 0.1) is 12.8 Å². The molecule has 0 fully saturated rings. The third-order valence-electron chi connectivity index (χ3n) is 1.26. The quantitative estimate of drug-likeness (QED) is 0.804. The van der Waals surface area contributed by atoms with E-state index < -0.39 is 0 Å². The summed E-state index contributed by atoms with van der Waals surface area (Å²) in [6.07, 6.45) is 1.70. The van der Waals surface area contributed by atoms with Gasteiger partial charge in [-0.1, -0.05) is 0 Å². The predicted molar refractivity (Wildman–Crippen MR) is 53.2 cm³/mol. The van der Waals surface area contributed by atoms with Crippen molar-refractivity contribution >= 4 is 24.8 Å². The maximum absolute atomic E-state index is 5.38. The molecule has 0 amide bonds. The maximum Gasteiger partial charge on any atom is 0.141 e. The van der Waals surface area contributed by atoms with Crippen molar-refractivity contribution in [2.24, 2.45) is 5.73 Å². The Morgan fingerprint density at radius 2 is 2.17 bits per heavy atom. The summed E-state index contributed by atoms with van der Waals surface area (Å²) in [5, 5.41) is 0. The van der Waals surface area contributed by atoms with E-state index in [1.54, 1.807) is 13.3 Å². The van der Waals surface area contributed by atoms with Gasteiger partial charge in [0.25, 0.3) is 0 Å². The summed E-state index contributed by atoms with van der Waals surface area (Å²) < 4.78 is 4.99. The summed E-state index contributed by atoms with van der Waals surface area (Å²) >= 11 is 0. The molecule has 0 saturated carbocycles. The van der Waals surface area contributed by atoms with Crippen LogP contribution >= 0.6 is 24.8 Å². The summed E-state index contributed by atoms with van der Waals surface area (Å²) in [6.45, 7) is 0.421. The van der Waals surface area contributed by atoms with Gasteiger partial charge in [0.15, 0.2) is 0 Å². The van der Waals surface area contributed by atoms with Crippen LogP contribution in [-0.4, -0.2) is 12.1 Å². The van der Waals surface area contributed by atoms with Crippen LogP contribution in [-0.2, 0) is 6.54 Å². The molecule has 0 aromatic carbocycles. The lowest BCUT2D eigenvalue weighted by molar-refractivity contribution is 0.407. The Morgan fingerprint density at radius 1 is 1.50 bits per heavy atom.